The summed E-state index contributed by atoms with van der Waals surface area (Å²) >= 11 is 0. The van der Waals surface area contributed by atoms with Gasteiger partial charge in [-0.3, -0.25) is 0 Å². The van der Waals surface area contributed by atoms with Gasteiger partial charge in [-0.2, -0.15) is 13.2 Å². The first kappa shape index (κ1) is 15.9. The van der Waals surface area contributed by atoms with Crippen LogP contribution in [0.15, 0.2) is 67.4 Å². The van der Waals surface area contributed by atoms with Crippen LogP contribution >= 0.6 is 0 Å². The number of nitrogens with one attached hydrogen (secondary N) is 1. The molecule has 0 amide bonds. The SMILES string of the molecule is C=C(/C=C\NC)c1ccc(-c2ccc(C(F)(F)F)cc2)cc1. The van der Waals surface area contributed by atoms with Gasteiger partial charge in [-0.05, 0) is 46.7 Å². The fourth-order valence-corrected chi connectivity index (χ4v) is 2.01. The van der Waals surface area contributed by atoms with Crippen molar-refractivity contribution in [2.24, 2.45) is 0 Å². The van der Waals surface area contributed by atoms with Crippen LogP contribution in [0.2, 0.25) is 0 Å². The molecule has 0 heterocycles. The molecule has 1 N–H and O–H groups in total. The third-order valence-electron chi connectivity index (χ3n) is 3.25. The predicted molar refractivity (Wildman–Crippen MR) is 84.1 cm³/mol. The molecule has 2 aromatic carbocycles. The molecule has 0 bridgehead atoms. The number of hydrogen-bond donors (Lipinski definition) is 1. The number of halogens is 3. The molecule has 0 aromatic heterocycles. The summed E-state index contributed by atoms with van der Waals surface area (Å²) in [6.07, 6.45) is -0.668. The van der Waals surface area contributed by atoms with Crippen molar-refractivity contribution < 1.29 is 13.2 Å². The van der Waals surface area contributed by atoms with Crippen molar-refractivity contribution in [3.8, 4) is 11.1 Å². The van der Waals surface area contributed by atoms with Gasteiger partial charge in [-0.1, -0.05) is 43.0 Å². The first-order valence-electron chi connectivity index (χ1n) is 6.72. The average molecular weight is 303 g/mol. The zero-order chi connectivity index (χ0) is 16.2. The molecule has 1 nitrogen and oxygen atoms in total. The van der Waals surface area contributed by atoms with Crippen LogP contribution < -0.4 is 5.32 Å². The van der Waals surface area contributed by atoms with Gasteiger partial charge in [0.1, 0.15) is 0 Å². The van der Waals surface area contributed by atoms with E-state index in [2.05, 4.69) is 11.9 Å². The Bertz CT molecular complexity index is 665. The average Bonchev–Trinajstić information content (AvgIpc) is 2.52. The number of benzene rings is 2. The van der Waals surface area contributed by atoms with Crippen molar-refractivity contribution in [1.82, 2.24) is 5.32 Å². The van der Waals surface area contributed by atoms with Gasteiger partial charge in [0, 0.05) is 7.05 Å². The number of rotatable bonds is 4. The van der Waals surface area contributed by atoms with Crippen molar-refractivity contribution in [2.75, 3.05) is 7.05 Å². The van der Waals surface area contributed by atoms with Crippen molar-refractivity contribution >= 4 is 5.57 Å². The first-order valence-corrected chi connectivity index (χ1v) is 6.72. The standard InChI is InChI=1S/C18H16F3N/c1-13(11-12-22-2)14-3-5-15(6-4-14)16-7-9-17(10-8-16)18(19,20)21/h3-12,22H,1H2,2H3/b12-11-. The summed E-state index contributed by atoms with van der Waals surface area (Å²) in [6, 6.07) is 12.7. The van der Waals surface area contributed by atoms with E-state index in [-0.39, 0.29) is 0 Å². The fourth-order valence-electron chi connectivity index (χ4n) is 2.01. The zero-order valence-corrected chi connectivity index (χ0v) is 12.1. The summed E-state index contributed by atoms with van der Waals surface area (Å²) < 4.78 is 37.6. The second kappa shape index (κ2) is 6.52. The maximum Gasteiger partial charge on any atom is 0.416 e. The maximum absolute atomic E-state index is 12.5. The molecule has 2 aromatic rings. The third kappa shape index (κ3) is 3.79. The second-order valence-corrected chi connectivity index (χ2v) is 4.80. The zero-order valence-electron chi connectivity index (χ0n) is 12.1. The lowest BCUT2D eigenvalue weighted by Crippen LogP contribution is -2.03. The monoisotopic (exact) mass is 303 g/mol. The molecule has 0 saturated heterocycles. The van der Waals surface area contributed by atoms with Gasteiger partial charge < -0.3 is 5.32 Å². The van der Waals surface area contributed by atoms with Gasteiger partial charge in [0.05, 0.1) is 5.56 Å². The Hall–Kier alpha value is -2.49. The second-order valence-electron chi connectivity index (χ2n) is 4.80. The van der Waals surface area contributed by atoms with Gasteiger partial charge >= 0.3 is 6.18 Å². The minimum atomic E-state index is -4.31. The summed E-state index contributed by atoms with van der Waals surface area (Å²) in [5.41, 5.74) is 2.78. The van der Waals surface area contributed by atoms with E-state index in [0.717, 1.165) is 34.4 Å². The molecule has 114 valence electrons. The van der Waals surface area contributed by atoms with E-state index in [1.54, 1.807) is 13.2 Å². The van der Waals surface area contributed by atoms with Crippen LogP contribution in [0.5, 0.6) is 0 Å². The quantitative estimate of drug-likeness (QED) is 0.773. The van der Waals surface area contributed by atoms with Crippen molar-refractivity contribution in [2.45, 2.75) is 6.18 Å². The molecule has 0 unspecified atom stereocenters. The van der Waals surface area contributed by atoms with Crippen LogP contribution in [0.25, 0.3) is 16.7 Å². The summed E-state index contributed by atoms with van der Waals surface area (Å²) in [4.78, 5) is 0. The molecule has 0 saturated carbocycles. The van der Waals surface area contributed by atoms with E-state index >= 15 is 0 Å². The van der Waals surface area contributed by atoms with Gasteiger partial charge in [0.2, 0.25) is 0 Å². The molecule has 4 heteroatoms. The highest BCUT2D eigenvalue weighted by Crippen LogP contribution is 2.31. The molecule has 0 aliphatic rings. The lowest BCUT2D eigenvalue weighted by molar-refractivity contribution is -0.137. The summed E-state index contributed by atoms with van der Waals surface area (Å²) in [7, 11) is 1.80. The molecule has 0 aliphatic heterocycles. The van der Waals surface area contributed by atoms with Crippen LogP contribution in [0, 0.1) is 0 Å². The molecule has 0 aliphatic carbocycles. The highest BCUT2D eigenvalue weighted by molar-refractivity contribution is 5.74. The van der Waals surface area contributed by atoms with E-state index in [4.69, 9.17) is 0 Å². The summed E-state index contributed by atoms with van der Waals surface area (Å²) in [5, 5.41) is 2.89. The van der Waals surface area contributed by atoms with Crippen molar-refractivity contribution in [3.05, 3.63) is 78.5 Å². The summed E-state index contributed by atoms with van der Waals surface area (Å²) in [6.45, 7) is 3.95. The lowest BCUT2D eigenvalue weighted by Gasteiger charge is -2.08. The topological polar surface area (TPSA) is 12.0 Å². The Morgan fingerprint density at radius 2 is 1.45 bits per heavy atom. The van der Waals surface area contributed by atoms with E-state index < -0.39 is 11.7 Å². The molecular formula is C18H16F3N. The van der Waals surface area contributed by atoms with E-state index in [9.17, 15) is 13.2 Å². The molecule has 0 spiro atoms. The van der Waals surface area contributed by atoms with Crippen LogP contribution in [0.3, 0.4) is 0 Å². The van der Waals surface area contributed by atoms with E-state index in [1.807, 2.05) is 30.3 Å². The predicted octanol–water partition coefficient (Wildman–Crippen LogP) is 5.12. The summed E-state index contributed by atoms with van der Waals surface area (Å²) in [5.74, 6) is 0. The Morgan fingerprint density at radius 1 is 0.955 bits per heavy atom. The van der Waals surface area contributed by atoms with Crippen LogP contribution in [-0.2, 0) is 6.18 Å². The van der Waals surface area contributed by atoms with Crippen LogP contribution in [0.1, 0.15) is 11.1 Å². The Labute approximate surface area is 127 Å². The maximum atomic E-state index is 12.5. The van der Waals surface area contributed by atoms with Crippen molar-refractivity contribution in [1.29, 1.82) is 0 Å². The van der Waals surface area contributed by atoms with Crippen LogP contribution in [0.4, 0.5) is 13.2 Å². The highest BCUT2D eigenvalue weighted by atomic mass is 19.4. The molecule has 0 fully saturated rings. The van der Waals surface area contributed by atoms with Gasteiger partial charge in [0.25, 0.3) is 0 Å². The number of alkyl halides is 3. The third-order valence-corrected chi connectivity index (χ3v) is 3.25. The normalized spacial score (nSPS) is 11.6. The Kier molecular flexibility index (Phi) is 4.71. The van der Waals surface area contributed by atoms with E-state index in [1.165, 1.54) is 12.1 Å². The molecular weight excluding hydrogens is 287 g/mol. The highest BCUT2D eigenvalue weighted by Gasteiger charge is 2.29. The Balaban J connectivity index is 2.20. The smallest absolute Gasteiger partial charge is 0.394 e. The molecule has 0 radical (unpaired) electrons. The molecule has 0 atom stereocenters. The lowest BCUT2D eigenvalue weighted by atomic mass is 10.00. The van der Waals surface area contributed by atoms with Gasteiger partial charge in [-0.25, -0.2) is 0 Å². The minimum absolute atomic E-state index is 0.640. The number of hydrogen-bond acceptors (Lipinski definition) is 1. The molecule has 22 heavy (non-hydrogen) atoms. The van der Waals surface area contributed by atoms with Crippen LogP contribution in [-0.4, -0.2) is 7.05 Å². The number of allylic oxidation sites excluding steroid dienone is 2. The van der Waals surface area contributed by atoms with E-state index in [0.29, 0.717) is 0 Å². The molecule has 2 rings (SSSR count). The van der Waals surface area contributed by atoms with Gasteiger partial charge in [-0.15, -0.1) is 0 Å². The minimum Gasteiger partial charge on any atom is -0.394 e. The first-order chi connectivity index (χ1) is 10.4. The largest absolute Gasteiger partial charge is 0.416 e. The van der Waals surface area contributed by atoms with Crippen molar-refractivity contribution in [3.63, 3.8) is 0 Å². The fraction of sp³-hybridized carbons (Fsp3) is 0.111. The Morgan fingerprint density at radius 3 is 1.91 bits per heavy atom. The van der Waals surface area contributed by atoms with Gasteiger partial charge in [0.15, 0.2) is 0 Å².